The molecule has 2 atom stereocenters. The summed E-state index contributed by atoms with van der Waals surface area (Å²) in [6.07, 6.45) is 5.78. The minimum Gasteiger partial charge on any atom is -0.497 e. The van der Waals surface area contributed by atoms with Crippen LogP contribution in [0.3, 0.4) is 0 Å². The number of methoxy groups -OCH3 is 1. The van der Waals surface area contributed by atoms with Crippen molar-refractivity contribution >= 4 is 5.97 Å². The summed E-state index contributed by atoms with van der Waals surface area (Å²) in [5.74, 6) is -0.234. The van der Waals surface area contributed by atoms with Crippen LogP contribution in [0.4, 0.5) is 0 Å². The second-order valence-electron chi connectivity index (χ2n) is 5.65. The van der Waals surface area contributed by atoms with Crippen molar-refractivity contribution < 1.29 is 19.4 Å². The molecule has 2 rings (SSSR count). The molecule has 1 aromatic carbocycles. The van der Waals surface area contributed by atoms with Gasteiger partial charge in [-0.2, -0.15) is 0 Å². The van der Waals surface area contributed by atoms with Crippen LogP contribution >= 0.6 is 0 Å². The van der Waals surface area contributed by atoms with E-state index < -0.39 is 5.97 Å². The molecule has 1 aliphatic heterocycles. The predicted molar refractivity (Wildman–Crippen MR) is 80.6 cm³/mol. The van der Waals surface area contributed by atoms with Crippen molar-refractivity contribution in [1.82, 2.24) is 0 Å². The highest BCUT2D eigenvalue weighted by molar-refractivity contribution is 5.70. The van der Waals surface area contributed by atoms with E-state index in [-0.39, 0.29) is 5.92 Å². The Labute approximate surface area is 126 Å². The van der Waals surface area contributed by atoms with Crippen molar-refractivity contribution in [3.8, 4) is 5.75 Å². The maximum absolute atomic E-state index is 11.4. The summed E-state index contributed by atoms with van der Waals surface area (Å²) in [6.45, 7) is 0.860. The molecule has 21 heavy (non-hydrogen) atoms. The normalized spacial score (nSPS) is 19.4. The third-order valence-electron chi connectivity index (χ3n) is 4.09. The number of carboxylic acid groups (broad SMARTS) is 1. The number of rotatable bonds is 8. The van der Waals surface area contributed by atoms with Gasteiger partial charge in [0.05, 0.1) is 19.1 Å². The van der Waals surface area contributed by atoms with E-state index >= 15 is 0 Å². The van der Waals surface area contributed by atoms with E-state index in [1.807, 2.05) is 24.3 Å². The van der Waals surface area contributed by atoms with Gasteiger partial charge in [-0.1, -0.05) is 18.6 Å². The Hall–Kier alpha value is -1.55. The van der Waals surface area contributed by atoms with Gasteiger partial charge in [0.1, 0.15) is 5.75 Å². The number of ether oxygens (including phenoxy) is 2. The van der Waals surface area contributed by atoms with Crippen molar-refractivity contribution in [1.29, 1.82) is 0 Å². The van der Waals surface area contributed by atoms with Crippen molar-refractivity contribution in [3.63, 3.8) is 0 Å². The third kappa shape index (κ3) is 5.05. The van der Waals surface area contributed by atoms with Crippen LogP contribution in [0.2, 0.25) is 0 Å². The molecule has 0 aromatic heterocycles. The summed E-state index contributed by atoms with van der Waals surface area (Å²) in [5, 5.41) is 9.37. The van der Waals surface area contributed by atoms with Gasteiger partial charge < -0.3 is 14.6 Å². The Balaban J connectivity index is 1.81. The van der Waals surface area contributed by atoms with Gasteiger partial charge in [-0.05, 0) is 49.8 Å². The molecule has 1 aromatic rings. The monoisotopic (exact) mass is 292 g/mol. The second-order valence-corrected chi connectivity index (χ2v) is 5.65. The van der Waals surface area contributed by atoms with Gasteiger partial charge in [0.25, 0.3) is 0 Å². The first-order chi connectivity index (χ1) is 10.2. The molecule has 4 heteroatoms. The maximum Gasteiger partial charge on any atom is 0.306 e. The molecule has 0 spiro atoms. The predicted octanol–water partition coefficient (Wildman–Crippen LogP) is 3.29. The van der Waals surface area contributed by atoms with E-state index in [1.165, 1.54) is 0 Å². The average Bonchev–Trinajstić information content (AvgIpc) is 3.00. The molecular weight excluding hydrogens is 268 g/mol. The Kier molecular flexibility index (Phi) is 6.05. The highest BCUT2D eigenvalue weighted by Crippen LogP contribution is 2.22. The Morgan fingerprint density at radius 1 is 1.43 bits per heavy atom. The largest absolute Gasteiger partial charge is 0.497 e. The van der Waals surface area contributed by atoms with Gasteiger partial charge in [-0.25, -0.2) is 0 Å². The van der Waals surface area contributed by atoms with Crippen LogP contribution in [0.5, 0.6) is 5.75 Å². The number of hydrogen-bond acceptors (Lipinski definition) is 3. The van der Waals surface area contributed by atoms with Crippen LogP contribution in [0.25, 0.3) is 0 Å². The van der Waals surface area contributed by atoms with Gasteiger partial charge in [-0.3, -0.25) is 4.79 Å². The quantitative estimate of drug-likeness (QED) is 0.799. The summed E-state index contributed by atoms with van der Waals surface area (Å²) in [5.41, 5.74) is 1.04. The Morgan fingerprint density at radius 2 is 2.19 bits per heavy atom. The molecule has 2 unspecified atom stereocenters. The number of hydrogen-bond donors (Lipinski definition) is 1. The molecule has 1 aliphatic rings. The highest BCUT2D eigenvalue weighted by atomic mass is 16.5. The van der Waals surface area contributed by atoms with Gasteiger partial charge >= 0.3 is 5.97 Å². The van der Waals surface area contributed by atoms with Crippen molar-refractivity contribution in [3.05, 3.63) is 29.8 Å². The molecule has 0 amide bonds. The summed E-state index contributed by atoms with van der Waals surface area (Å²) in [4.78, 5) is 11.4. The zero-order valence-corrected chi connectivity index (χ0v) is 12.6. The van der Waals surface area contributed by atoms with Crippen LogP contribution in [0, 0.1) is 5.92 Å². The third-order valence-corrected chi connectivity index (χ3v) is 4.09. The molecule has 1 saturated heterocycles. The van der Waals surface area contributed by atoms with Gasteiger partial charge in [0.2, 0.25) is 0 Å². The summed E-state index contributed by atoms with van der Waals surface area (Å²) >= 11 is 0. The molecule has 1 fully saturated rings. The lowest BCUT2D eigenvalue weighted by Crippen LogP contribution is -2.17. The SMILES string of the molecule is COc1ccc(CC(CCCC2CCCO2)C(=O)O)cc1. The molecule has 0 aliphatic carbocycles. The zero-order chi connectivity index (χ0) is 15.1. The van der Waals surface area contributed by atoms with E-state index in [1.54, 1.807) is 7.11 Å². The first-order valence-corrected chi connectivity index (χ1v) is 7.66. The minimum absolute atomic E-state index is 0.320. The lowest BCUT2D eigenvalue weighted by atomic mass is 9.93. The molecule has 4 nitrogen and oxygen atoms in total. The molecular formula is C17H24O4. The van der Waals surface area contributed by atoms with Gasteiger partial charge in [-0.15, -0.1) is 0 Å². The maximum atomic E-state index is 11.4. The first kappa shape index (κ1) is 15.8. The second kappa shape index (κ2) is 8.03. The number of carboxylic acids is 1. The molecule has 0 radical (unpaired) electrons. The zero-order valence-electron chi connectivity index (χ0n) is 12.6. The fourth-order valence-corrected chi connectivity index (χ4v) is 2.82. The molecule has 1 heterocycles. The number of carbonyl (C=O) groups is 1. The minimum atomic E-state index is -0.710. The van der Waals surface area contributed by atoms with Crippen molar-refractivity contribution in [2.75, 3.05) is 13.7 Å². The lowest BCUT2D eigenvalue weighted by Gasteiger charge is -2.14. The van der Waals surface area contributed by atoms with Crippen LogP contribution in [-0.2, 0) is 16.0 Å². The summed E-state index contributed by atoms with van der Waals surface area (Å²) in [6, 6.07) is 7.63. The Morgan fingerprint density at radius 3 is 2.76 bits per heavy atom. The molecule has 0 saturated carbocycles. The van der Waals surface area contributed by atoms with Gasteiger partial charge in [0.15, 0.2) is 0 Å². The topological polar surface area (TPSA) is 55.8 Å². The van der Waals surface area contributed by atoms with Crippen LogP contribution in [0.1, 0.15) is 37.7 Å². The fourth-order valence-electron chi connectivity index (χ4n) is 2.82. The lowest BCUT2D eigenvalue weighted by molar-refractivity contribution is -0.142. The average molecular weight is 292 g/mol. The molecule has 116 valence electrons. The van der Waals surface area contributed by atoms with E-state index in [0.29, 0.717) is 18.9 Å². The van der Waals surface area contributed by atoms with Gasteiger partial charge in [0, 0.05) is 6.61 Å². The van der Waals surface area contributed by atoms with E-state index in [9.17, 15) is 9.90 Å². The first-order valence-electron chi connectivity index (χ1n) is 7.66. The van der Waals surface area contributed by atoms with E-state index in [2.05, 4.69) is 0 Å². The Bertz CT molecular complexity index is 435. The van der Waals surface area contributed by atoms with Crippen LogP contribution < -0.4 is 4.74 Å². The van der Waals surface area contributed by atoms with Crippen molar-refractivity contribution in [2.24, 2.45) is 5.92 Å². The standard InChI is InChI=1S/C17H24O4/c1-20-15-9-7-13(8-10-15)12-14(17(18)19)4-2-5-16-6-3-11-21-16/h7-10,14,16H,2-6,11-12H2,1H3,(H,18,19). The fraction of sp³-hybridized carbons (Fsp3) is 0.588. The van der Waals surface area contributed by atoms with Crippen molar-refractivity contribution in [2.45, 2.75) is 44.6 Å². The number of benzene rings is 1. The smallest absolute Gasteiger partial charge is 0.306 e. The van der Waals surface area contributed by atoms with E-state index in [4.69, 9.17) is 9.47 Å². The molecule has 1 N–H and O–H groups in total. The van der Waals surface area contributed by atoms with E-state index in [0.717, 1.165) is 43.6 Å². The van der Waals surface area contributed by atoms with Crippen LogP contribution in [0.15, 0.2) is 24.3 Å². The summed E-state index contributed by atoms with van der Waals surface area (Å²) < 4.78 is 10.7. The number of aliphatic carboxylic acids is 1. The summed E-state index contributed by atoms with van der Waals surface area (Å²) in [7, 11) is 1.63. The molecule has 0 bridgehead atoms. The van der Waals surface area contributed by atoms with Crippen LogP contribution in [-0.4, -0.2) is 30.9 Å². The highest BCUT2D eigenvalue weighted by Gasteiger charge is 2.20.